The number of benzene rings is 2. The van der Waals surface area contributed by atoms with Crippen LogP contribution in [0.5, 0.6) is 5.75 Å². The first-order chi connectivity index (χ1) is 13.7. The Balaban J connectivity index is 1.67. The highest BCUT2D eigenvalue weighted by Gasteiger charge is 2.34. The first kappa shape index (κ1) is 21.6. The van der Waals surface area contributed by atoms with Crippen molar-refractivity contribution in [3.63, 3.8) is 0 Å². The van der Waals surface area contributed by atoms with E-state index >= 15 is 0 Å². The van der Waals surface area contributed by atoms with Crippen LogP contribution in [0.2, 0.25) is 5.02 Å². The molecule has 2 aromatic rings. The summed E-state index contributed by atoms with van der Waals surface area (Å²) in [5, 5.41) is 14.3. The highest BCUT2D eigenvalue weighted by molar-refractivity contribution is 6.30. The smallest absolute Gasteiger partial charge is 0.238 e. The predicted molar refractivity (Wildman–Crippen MR) is 115 cm³/mol. The maximum absolute atomic E-state index is 12.9. The van der Waals surface area contributed by atoms with Crippen LogP contribution in [0.15, 0.2) is 48.5 Å². The van der Waals surface area contributed by atoms with E-state index in [2.05, 4.69) is 17.4 Å². The molecule has 3 rings (SSSR count). The van der Waals surface area contributed by atoms with Gasteiger partial charge in [0.25, 0.3) is 0 Å². The van der Waals surface area contributed by atoms with E-state index in [9.17, 15) is 9.90 Å². The molecule has 0 fully saturated rings. The van der Waals surface area contributed by atoms with E-state index in [1.54, 1.807) is 24.3 Å². The summed E-state index contributed by atoms with van der Waals surface area (Å²) in [6.07, 6.45) is -0.0936. The SMILES string of the molecule is CC(C)(C)NC(=O)C1Cc2ccccc2CN1CC(O)COc1ccc(Cl)cc1. The van der Waals surface area contributed by atoms with Gasteiger partial charge in [-0.2, -0.15) is 0 Å². The first-order valence-electron chi connectivity index (χ1n) is 9.90. The minimum absolute atomic E-state index is 0.0159. The second-order valence-corrected chi connectivity index (χ2v) is 9.01. The molecule has 1 aliphatic heterocycles. The van der Waals surface area contributed by atoms with E-state index < -0.39 is 6.10 Å². The summed E-state index contributed by atoms with van der Waals surface area (Å²) >= 11 is 5.89. The summed E-state index contributed by atoms with van der Waals surface area (Å²) in [5.74, 6) is 0.636. The molecule has 2 unspecified atom stereocenters. The Morgan fingerprint density at radius 3 is 2.52 bits per heavy atom. The number of hydrogen-bond acceptors (Lipinski definition) is 4. The minimum Gasteiger partial charge on any atom is -0.491 e. The standard InChI is InChI=1S/C23H29ClN2O3/c1-23(2,3)25-22(28)21-12-16-6-4-5-7-17(16)13-26(21)14-19(27)15-29-20-10-8-18(24)9-11-20/h4-11,19,21,27H,12-15H2,1-3H3,(H,25,28). The van der Waals surface area contributed by atoms with E-state index in [0.717, 1.165) is 0 Å². The third-order valence-electron chi connectivity index (χ3n) is 4.85. The minimum atomic E-state index is -0.721. The summed E-state index contributed by atoms with van der Waals surface area (Å²) in [4.78, 5) is 15.0. The molecule has 0 bridgehead atoms. The summed E-state index contributed by atoms with van der Waals surface area (Å²) in [5.41, 5.74) is 2.07. The molecular formula is C23H29ClN2O3. The molecule has 0 radical (unpaired) electrons. The first-order valence-corrected chi connectivity index (χ1v) is 10.3. The lowest BCUT2D eigenvalue weighted by Gasteiger charge is -2.38. The number of β-amino-alcohol motifs (C(OH)–C–C–N with tert-alkyl or cyclic N) is 1. The van der Waals surface area contributed by atoms with Crippen LogP contribution in [0.25, 0.3) is 0 Å². The van der Waals surface area contributed by atoms with E-state index in [1.807, 2.05) is 37.8 Å². The second-order valence-electron chi connectivity index (χ2n) is 8.58. The van der Waals surface area contributed by atoms with Gasteiger partial charge in [-0.1, -0.05) is 35.9 Å². The second kappa shape index (κ2) is 9.16. The largest absolute Gasteiger partial charge is 0.491 e. The molecule has 5 nitrogen and oxygen atoms in total. The fraction of sp³-hybridized carbons (Fsp3) is 0.435. The number of ether oxygens (including phenoxy) is 1. The molecule has 2 aromatic carbocycles. The van der Waals surface area contributed by atoms with Gasteiger partial charge in [0.05, 0.1) is 6.04 Å². The molecule has 1 amide bonds. The van der Waals surface area contributed by atoms with E-state index in [-0.39, 0.29) is 24.1 Å². The molecule has 6 heteroatoms. The molecule has 0 aliphatic carbocycles. The third-order valence-corrected chi connectivity index (χ3v) is 5.10. The molecule has 2 N–H and O–H groups in total. The molecule has 1 heterocycles. The number of aliphatic hydroxyl groups is 1. The van der Waals surface area contributed by atoms with Crippen molar-refractivity contribution in [2.45, 2.75) is 51.4 Å². The monoisotopic (exact) mass is 416 g/mol. The van der Waals surface area contributed by atoms with Crippen LogP contribution in [-0.2, 0) is 17.8 Å². The average molecular weight is 417 g/mol. The van der Waals surface area contributed by atoms with Crippen molar-refractivity contribution < 1.29 is 14.6 Å². The predicted octanol–water partition coefficient (Wildman–Crippen LogP) is 3.42. The number of amides is 1. The van der Waals surface area contributed by atoms with Crippen molar-refractivity contribution in [3.05, 3.63) is 64.7 Å². The fourth-order valence-electron chi connectivity index (χ4n) is 3.53. The van der Waals surface area contributed by atoms with Gasteiger partial charge in [0.15, 0.2) is 0 Å². The van der Waals surface area contributed by atoms with Gasteiger partial charge < -0.3 is 15.2 Å². The lowest BCUT2D eigenvalue weighted by molar-refractivity contribution is -0.129. The Morgan fingerprint density at radius 2 is 1.86 bits per heavy atom. The van der Waals surface area contributed by atoms with Gasteiger partial charge >= 0.3 is 0 Å². The van der Waals surface area contributed by atoms with Crippen molar-refractivity contribution in [2.75, 3.05) is 13.2 Å². The van der Waals surface area contributed by atoms with Gasteiger partial charge in [-0.3, -0.25) is 9.69 Å². The highest BCUT2D eigenvalue weighted by atomic mass is 35.5. The van der Waals surface area contributed by atoms with Crippen LogP contribution in [0.3, 0.4) is 0 Å². The Labute approximate surface area is 177 Å². The van der Waals surface area contributed by atoms with Gasteiger partial charge in [0.2, 0.25) is 5.91 Å². The maximum Gasteiger partial charge on any atom is 0.238 e. The van der Waals surface area contributed by atoms with Crippen LogP contribution in [0.1, 0.15) is 31.9 Å². The zero-order chi connectivity index (χ0) is 21.0. The van der Waals surface area contributed by atoms with Crippen LogP contribution < -0.4 is 10.1 Å². The van der Waals surface area contributed by atoms with Gasteiger partial charge in [0.1, 0.15) is 18.5 Å². The van der Waals surface area contributed by atoms with Gasteiger partial charge in [-0.25, -0.2) is 0 Å². The average Bonchev–Trinajstić information content (AvgIpc) is 2.65. The summed E-state index contributed by atoms with van der Waals surface area (Å²) < 4.78 is 5.67. The summed E-state index contributed by atoms with van der Waals surface area (Å²) in [6.45, 7) is 7.04. The molecule has 0 saturated heterocycles. The summed E-state index contributed by atoms with van der Waals surface area (Å²) in [6, 6.07) is 14.9. The van der Waals surface area contributed by atoms with Crippen LogP contribution in [0, 0.1) is 0 Å². The Hall–Kier alpha value is -2.08. The molecule has 0 saturated carbocycles. The number of hydrogen-bond donors (Lipinski definition) is 2. The normalized spacial score (nSPS) is 18.0. The van der Waals surface area contributed by atoms with Gasteiger partial charge in [0, 0.05) is 23.7 Å². The number of fused-ring (bicyclic) bond motifs is 1. The van der Waals surface area contributed by atoms with E-state index in [4.69, 9.17) is 16.3 Å². The number of aliphatic hydroxyl groups excluding tert-OH is 1. The topological polar surface area (TPSA) is 61.8 Å². The molecule has 1 aliphatic rings. The van der Waals surface area contributed by atoms with Crippen molar-refractivity contribution in [2.24, 2.45) is 0 Å². The number of carbonyl (C=O) groups is 1. The molecule has 0 spiro atoms. The molecule has 156 valence electrons. The van der Waals surface area contributed by atoms with Crippen molar-refractivity contribution in [3.8, 4) is 5.75 Å². The zero-order valence-corrected chi connectivity index (χ0v) is 17.9. The Bertz CT molecular complexity index is 833. The zero-order valence-electron chi connectivity index (χ0n) is 17.2. The number of nitrogens with one attached hydrogen (secondary N) is 1. The number of halogens is 1. The quantitative estimate of drug-likeness (QED) is 0.757. The third kappa shape index (κ3) is 6.20. The lowest BCUT2D eigenvalue weighted by Crippen LogP contribution is -2.56. The number of rotatable bonds is 6. The van der Waals surface area contributed by atoms with Crippen molar-refractivity contribution in [1.29, 1.82) is 0 Å². The van der Waals surface area contributed by atoms with Gasteiger partial charge in [-0.05, 0) is 62.6 Å². The number of carbonyl (C=O) groups excluding carboxylic acids is 1. The fourth-order valence-corrected chi connectivity index (χ4v) is 3.65. The summed E-state index contributed by atoms with van der Waals surface area (Å²) in [7, 11) is 0. The lowest BCUT2D eigenvalue weighted by atomic mass is 9.92. The van der Waals surface area contributed by atoms with Crippen molar-refractivity contribution in [1.82, 2.24) is 10.2 Å². The molecule has 0 aromatic heterocycles. The van der Waals surface area contributed by atoms with Gasteiger partial charge in [-0.15, -0.1) is 0 Å². The van der Waals surface area contributed by atoms with Crippen LogP contribution in [-0.4, -0.2) is 46.7 Å². The maximum atomic E-state index is 12.9. The Morgan fingerprint density at radius 1 is 1.21 bits per heavy atom. The van der Waals surface area contributed by atoms with E-state index in [1.165, 1.54) is 11.1 Å². The molecular weight excluding hydrogens is 388 g/mol. The van der Waals surface area contributed by atoms with Crippen LogP contribution in [0.4, 0.5) is 0 Å². The Kier molecular flexibility index (Phi) is 6.83. The molecule has 29 heavy (non-hydrogen) atoms. The van der Waals surface area contributed by atoms with E-state index in [0.29, 0.717) is 30.3 Å². The highest BCUT2D eigenvalue weighted by Crippen LogP contribution is 2.24. The number of nitrogens with zero attached hydrogens (tertiary/aromatic N) is 1. The van der Waals surface area contributed by atoms with Crippen LogP contribution >= 0.6 is 11.6 Å². The van der Waals surface area contributed by atoms with Crippen molar-refractivity contribution >= 4 is 17.5 Å². The molecule has 2 atom stereocenters.